The summed E-state index contributed by atoms with van der Waals surface area (Å²) in [6.07, 6.45) is -0.184. The maximum atomic E-state index is 11.9. The van der Waals surface area contributed by atoms with Crippen molar-refractivity contribution in [2.24, 2.45) is 0 Å². The van der Waals surface area contributed by atoms with E-state index in [0.717, 1.165) is 11.3 Å². The average Bonchev–Trinajstić information content (AvgIpc) is 2.79. The first-order valence-electron chi connectivity index (χ1n) is 5.42. The molecule has 0 atom stereocenters. The van der Waals surface area contributed by atoms with Gasteiger partial charge in [0.1, 0.15) is 5.75 Å². The number of nitrogens with one attached hydrogen (secondary N) is 1. The van der Waals surface area contributed by atoms with Gasteiger partial charge in [-0.15, -0.1) is 11.3 Å². The molecule has 0 spiro atoms. The lowest BCUT2D eigenvalue weighted by Gasteiger charge is -2.03. The van der Waals surface area contributed by atoms with Gasteiger partial charge in [-0.1, -0.05) is 0 Å². The number of carboxylic acids is 1. The number of aromatic nitrogens is 1. The Kier molecular flexibility index (Phi) is 4.55. The molecule has 0 saturated heterocycles. The van der Waals surface area contributed by atoms with Crippen molar-refractivity contribution in [3.05, 3.63) is 38.4 Å². The van der Waals surface area contributed by atoms with E-state index in [2.05, 4.69) is 10.3 Å². The molecule has 0 aliphatic rings. The zero-order chi connectivity index (χ0) is 14.7. The van der Waals surface area contributed by atoms with Crippen molar-refractivity contribution in [2.45, 2.75) is 6.42 Å². The summed E-state index contributed by atoms with van der Waals surface area (Å²) in [6, 6.07) is 4.58. The molecule has 0 saturated carbocycles. The monoisotopic (exact) mass is 404 g/mol. The number of aliphatic carboxylic acids is 1. The lowest BCUT2D eigenvalue weighted by molar-refractivity contribution is -0.136. The fourth-order valence-electron chi connectivity index (χ4n) is 1.42. The molecule has 0 bridgehead atoms. The normalized spacial score (nSPS) is 10.2. The molecular weight excluding hydrogens is 395 g/mol. The minimum Gasteiger partial charge on any atom is -0.507 e. The van der Waals surface area contributed by atoms with Crippen LogP contribution < -0.4 is 5.32 Å². The number of carboxylic acid groups (broad SMARTS) is 1. The smallest absolute Gasteiger partial charge is 0.309 e. The molecule has 1 amide bonds. The van der Waals surface area contributed by atoms with Crippen LogP contribution in [0.5, 0.6) is 5.75 Å². The highest BCUT2D eigenvalue weighted by Crippen LogP contribution is 2.22. The van der Waals surface area contributed by atoms with Crippen LogP contribution in [0.1, 0.15) is 16.1 Å². The maximum Gasteiger partial charge on any atom is 0.309 e. The number of phenolic OH excluding ortho intramolecular Hbond substituents is 1. The second-order valence-corrected chi connectivity index (χ2v) is 5.86. The van der Waals surface area contributed by atoms with Crippen molar-refractivity contribution in [1.82, 2.24) is 4.98 Å². The number of hydrogen-bond acceptors (Lipinski definition) is 5. The van der Waals surface area contributed by atoms with Gasteiger partial charge in [-0.3, -0.25) is 14.9 Å². The van der Waals surface area contributed by atoms with Crippen LogP contribution in [-0.4, -0.2) is 27.1 Å². The van der Waals surface area contributed by atoms with Gasteiger partial charge in [0.15, 0.2) is 5.13 Å². The molecule has 0 unspecified atom stereocenters. The van der Waals surface area contributed by atoms with Crippen LogP contribution >= 0.6 is 33.9 Å². The third kappa shape index (κ3) is 3.67. The highest BCUT2D eigenvalue weighted by molar-refractivity contribution is 14.1. The Hall–Kier alpha value is -1.68. The van der Waals surface area contributed by atoms with Crippen LogP contribution in [0.2, 0.25) is 0 Å². The average molecular weight is 404 g/mol. The number of halogens is 1. The highest BCUT2D eigenvalue weighted by Gasteiger charge is 2.12. The maximum absolute atomic E-state index is 11.9. The number of amides is 1. The van der Waals surface area contributed by atoms with Crippen molar-refractivity contribution >= 4 is 50.9 Å². The van der Waals surface area contributed by atoms with Gasteiger partial charge < -0.3 is 10.2 Å². The minimum absolute atomic E-state index is 0.0314. The number of rotatable bonds is 4. The highest BCUT2D eigenvalue weighted by atomic mass is 127. The molecule has 0 radical (unpaired) electrons. The van der Waals surface area contributed by atoms with Crippen LogP contribution in [-0.2, 0) is 11.2 Å². The van der Waals surface area contributed by atoms with E-state index < -0.39 is 11.9 Å². The van der Waals surface area contributed by atoms with E-state index in [-0.39, 0.29) is 12.2 Å². The van der Waals surface area contributed by atoms with E-state index >= 15 is 0 Å². The summed E-state index contributed by atoms with van der Waals surface area (Å²) in [7, 11) is 0. The predicted octanol–water partition coefficient (Wildman–Crippen LogP) is 2.33. The number of benzene rings is 1. The van der Waals surface area contributed by atoms with Gasteiger partial charge in [0.25, 0.3) is 5.91 Å². The predicted molar refractivity (Wildman–Crippen MR) is 82.2 cm³/mol. The Labute approximate surface area is 131 Å². The van der Waals surface area contributed by atoms with Gasteiger partial charge in [-0.25, -0.2) is 4.98 Å². The van der Waals surface area contributed by atoms with Gasteiger partial charge in [0.2, 0.25) is 0 Å². The number of hydrogen-bond donors (Lipinski definition) is 3. The first-order chi connectivity index (χ1) is 9.45. The zero-order valence-electron chi connectivity index (χ0n) is 9.96. The van der Waals surface area contributed by atoms with E-state index in [1.54, 1.807) is 17.5 Å². The molecule has 0 aliphatic carbocycles. The van der Waals surface area contributed by atoms with E-state index in [4.69, 9.17) is 5.11 Å². The lowest BCUT2D eigenvalue weighted by atomic mass is 10.2. The molecule has 8 heteroatoms. The molecular formula is C12H9IN2O4S. The summed E-state index contributed by atoms with van der Waals surface area (Å²) in [4.78, 5) is 26.5. The molecule has 0 fully saturated rings. The number of carbonyl (C=O) groups is 2. The number of anilines is 1. The van der Waals surface area contributed by atoms with Crippen LogP contribution in [0.25, 0.3) is 0 Å². The van der Waals surface area contributed by atoms with Crippen molar-refractivity contribution < 1.29 is 19.8 Å². The largest absolute Gasteiger partial charge is 0.507 e. The van der Waals surface area contributed by atoms with Crippen molar-refractivity contribution in [3.8, 4) is 5.75 Å². The molecule has 20 heavy (non-hydrogen) atoms. The fourth-order valence-corrected chi connectivity index (χ4v) is 2.46. The zero-order valence-corrected chi connectivity index (χ0v) is 12.9. The molecule has 6 nitrogen and oxygen atoms in total. The van der Waals surface area contributed by atoms with E-state index in [1.807, 2.05) is 22.6 Å². The lowest BCUT2D eigenvalue weighted by Crippen LogP contribution is -2.12. The number of nitrogens with zero attached hydrogens (tertiary/aromatic N) is 1. The standard InChI is InChI=1S/C12H9IN2O4S/c13-8-2-1-6(3-9(8)16)11(19)15-12-14-7(5-20-12)4-10(17)18/h1-3,5,16H,4H2,(H,17,18)(H,14,15,19). The minimum atomic E-state index is -0.976. The van der Waals surface area contributed by atoms with Gasteiger partial charge in [0, 0.05) is 10.9 Å². The summed E-state index contributed by atoms with van der Waals surface area (Å²) in [5.41, 5.74) is 0.696. The Morgan fingerprint density at radius 3 is 2.80 bits per heavy atom. The van der Waals surface area contributed by atoms with Gasteiger partial charge in [-0.2, -0.15) is 0 Å². The summed E-state index contributed by atoms with van der Waals surface area (Å²) in [5.74, 6) is -1.35. The molecule has 3 N–H and O–H groups in total. The molecule has 0 aliphatic heterocycles. The van der Waals surface area contributed by atoms with Gasteiger partial charge in [-0.05, 0) is 40.8 Å². The van der Waals surface area contributed by atoms with Crippen molar-refractivity contribution in [2.75, 3.05) is 5.32 Å². The van der Waals surface area contributed by atoms with E-state index in [9.17, 15) is 14.7 Å². The second kappa shape index (κ2) is 6.18. The summed E-state index contributed by atoms with van der Waals surface area (Å²) in [5, 5.41) is 22.7. The number of thiazole rings is 1. The Balaban J connectivity index is 2.09. The van der Waals surface area contributed by atoms with Crippen molar-refractivity contribution in [1.29, 1.82) is 0 Å². The quantitative estimate of drug-likeness (QED) is 0.680. The first-order valence-corrected chi connectivity index (χ1v) is 7.37. The Morgan fingerprint density at radius 1 is 1.40 bits per heavy atom. The van der Waals surface area contributed by atoms with Crippen molar-refractivity contribution in [3.63, 3.8) is 0 Å². The topological polar surface area (TPSA) is 99.5 Å². The number of aromatic hydroxyl groups is 1. The van der Waals surface area contributed by atoms with E-state index in [1.165, 1.54) is 6.07 Å². The molecule has 1 heterocycles. The van der Waals surface area contributed by atoms with Gasteiger partial charge in [0.05, 0.1) is 15.7 Å². The van der Waals surface area contributed by atoms with Crippen LogP contribution in [0, 0.1) is 3.57 Å². The van der Waals surface area contributed by atoms with Crippen LogP contribution in [0.4, 0.5) is 5.13 Å². The van der Waals surface area contributed by atoms with E-state index in [0.29, 0.717) is 20.0 Å². The second-order valence-electron chi connectivity index (χ2n) is 3.83. The number of phenols is 1. The van der Waals surface area contributed by atoms with Crippen LogP contribution in [0.3, 0.4) is 0 Å². The summed E-state index contributed by atoms with van der Waals surface area (Å²) >= 11 is 3.11. The number of carbonyl (C=O) groups excluding carboxylic acids is 1. The van der Waals surface area contributed by atoms with Crippen LogP contribution in [0.15, 0.2) is 23.6 Å². The molecule has 2 aromatic rings. The fraction of sp³-hybridized carbons (Fsp3) is 0.0833. The first kappa shape index (κ1) is 14.7. The Bertz CT molecular complexity index is 671. The molecule has 2 rings (SSSR count). The Morgan fingerprint density at radius 2 is 2.15 bits per heavy atom. The SMILES string of the molecule is O=C(O)Cc1csc(NC(=O)c2ccc(I)c(O)c2)n1. The third-order valence-corrected chi connectivity index (χ3v) is 4.03. The summed E-state index contributed by atoms with van der Waals surface area (Å²) < 4.78 is 0.650. The van der Waals surface area contributed by atoms with Gasteiger partial charge >= 0.3 is 5.97 Å². The summed E-state index contributed by atoms with van der Waals surface area (Å²) in [6.45, 7) is 0. The molecule has 104 valence electrons. The molecule has 1 aromatic heterocycles. The third-order valence-electron chi connectivity index (χ3n) is 2.31. The molecule has 1 aromatic carbocycles.